The van der Waals surface area contributed by atoms with E-state index in [9.17, 15) is 9.59 Å². The van der Waals surface area contributed by atoms with E-state index in [2.05, 4.69) is 6.92 Å². The Kier molecular flexibility index (Phi) is 6.12. The zero-order valence-corrected chi connectivity index (χ0v) is 11.4. The van der Waals surface area contributed by atoms with Crippen molar-refractivity contribution in [1.29, 1.82) is 0 Å². The molecule has 18 heavy (non-hydrogen) atoms. The molecule has 0 saturated carbocycles. The van der Waals surface area contributed by atoms with Crippen LogP contribution in [0.15, 0.2) is 0 Å². The standard InChI is InChI=1S/C13H24N2O3/c1-3-5-11(2)13(18)15-7-4-6-14(8-9-15)10-12(16)17/h11H,3-10H2,1-2H3,(H,16,17). The van der Waals surface area contributed by atoms with Gasteiger partial charge in [0.15, 0.2) is 0 Å². The fraction of sp³-hybridized carbons (Fsp3) is 0.846. The molecule has 0 spiro atoms. The Morgan fingerprint density at radius 1 is 1.22 bits per heavy atom. The lowest BCUT2D eigenvalue weighted by Crippen LogP contribution is -2.39. The largest absolute Gasteiger partial charge is 0.480 e. The van der Waals surface area contributed by atoms with Crippen LogP contribution in [0.25, 0.3) is 0 Å². The van der Waals surface area contributed by atoms with Gasteiger partial charge < -0.3 is 10.0 Å². The molecule has 0 bridgehead atoms. The average Bonchev–Trinajstić information content (AvgIpc) is 2.53. The molecule has 1 aliphatic heterocycles. The summed E-state index contributed by atoms with van der Waals surface area (Å²) in [6, 6.07) is 0. The first-order chi connectivity index (χ1) is 8.54. The lowest BCUT2D eigenvalue weighted by Gasteiger charge is -2.24. The molecule has 1 amide bonds. The lowest BCUT2D eigenvalue weighted by atomic mass is 10.0. The first-order valence-corrected chi connectivity index (χ1v) is 6.77. The third kappa shape index (κ3) is 4.64. The van der Waals surface area contributed by atoms with Crippen LogP contribution in [0.5, 0.6) is 0 Å². The molecule has 5 heteroatoms. The van der Waals surface area contributed by atoms with E-state index >= 15 is 0 Å². The van der Waals surface area contributed by atoms with E-state index < -0.39 is 5.97 Å². The SMILES string of the molecule is CCCC(C)C(=O)N1CCCN(CC(=O)O)CC1. The van der Waals surface area contributed by atoms with Crippen molar-refractivity contribution in [2.45, 2.75) is 33.1 Å². The van der Waals surface area contributed by atoms with Gasteiger partial charge in [0.1, 0.15) is 0 Å². The van der Waals surface area contributed by atoms with Crippen LogP contribution in [0.1, 0.15) is 33.1 Å². The smallest absolute Gasteiger partial charge is 0.317 e. The molecule has 1 fully saturated rings. The van der Waals surface area contributed by atoms with Gasteiger partial charge in [-0.2, -0.15) is 0 Å². The van der Waals surface area contributed by atoms with Crippen molar-refractivity contribution < 1.29 is 14.7 Å². The number of hydrogen-bond acceptors (Lipinski definition) is 3. The Hall–Kier alpha value is -1.10. The normalized spacial score (nSPS) is 19.3. The minimum Gasteiger partial charge on any atom is -0.480 e. The minimum absolute atomic E-state index is 0.0759. The van der Waals surface area contributed by atoms with Gasteiger partial charge in [-0.15, -0.1) is 0 Å². The van der Waals surface area contributed by atoms with Crippen LogP contribution >= 0.6 is 0 Å². The summed E-state index contributed by atoms with van der Waals surface area (Å²) in [7, 11) is 0. The maximum atomic E-state index is 12.2. The monoisotopic (exact) mass is 256 g/mol. The molecule has 104 valence electrons. The van der Waals surface area contributed by atoms with Crippen LogP contribution in [-0.4, -0.2) is 59.5 Å². The predicted molar refractivity (Wildman–Crippen MR) is 69.3 cm³/mol. The fourth-order valence-electron chi connectivity index (χ4n) is 2.41. The molecular weight excluding hydrogens is 232 g/mol. The highest BCUT2D eigenvalue weighted by molar-refractivity contribution is 5.78. The number of carboxylic acid groups (broad SMARTS) is 1. The van der Waals surface area contributed by atoms with Crippen LogP contribution < -0.4 is 0 Å². The van der Waals surface area contributed by atoms with E-state index in [4.69, 9.17) is 5.11 Å². The first-order valence-electron chi connectivity index (χ1n) is 6.77. The van der Waals surface area contributed by atoms with E-state index in [0.29, 0.717) is 13.1 Å². The molecule has 1 atom stereocenters. The maximum Gasteiger partial charge on any atom is 0.317 e. The van der Waals surface area contributed by atoms with Crippen molar-refractivity contribution in [2.24, 2.45) is 5.92 Å². The molecule has 5 nitrogen and oxygen atoms in total. The van der Waals surface area contributed by atoms with E-state index in [0.717, 1.165) is 32.4 Å². The summed E-state index contributed by atoms with van der Waals surface area (Å²) >= 11 is 0. The van der Waals surface area contributed by atoms with E-state index in [-0.39, 0.29) is 18.4 Å². The quantitative estimate of drug-likeness (QED) is 0.798. The maximum absolute atomic E-state index is 12.2. The van der Waals surface area contributed by atoms with Crippen LogP contribution in [0.2, 0.25) is 0 Å². The van der Waals surface area contributed by atoms with E-state index in [1.54, 1.807) is 0 Å². The van der Waals surface area contributed by atoms with Gasteiger partial charge in [0.2, 0.25) is 5.91 Å². The van der Waals surface area contributed by atoms with Crippen molar-refractivity contribution in [2.75, 3.05) is 32.7 Å². The van der Waals surface area contributed by atoms with Gasteiger partial charge in [-0.05, 0) is 12.8 Å². The summed E-state index contributed by atoms with van der Waals surface area (Å²) in [4.78, 5) is 26.6. The Morgan fingerprint density at radius 3 is 2.56 bits per heavy atom. The Bertz CT molecular complexity index is 294. The zero-order chi connectivity index (χ0) is 13.5. The molecule has 0 aromatic heterocycles. The molecule has 1 rings (SSSR count). The third-order valence-corrected chi connectivity index (χ3v) is 3.40. The molecular formula is C13H24N2O3. The number of amides is 1. The van der Waals surface area contributed by atoms with Gasteiger partial charge in [-0.25, -0.2) is 0 Å². The van der Waals surface area contributed by atoms with Crippen molar-refractivity contribution in [3.63, 3.8) is 0 Å². The molecule has 0 aromatic rings. The summed E-state index contributed by atoms with van der Waals surface area (Å²) in [6.45, 7) is 6.97. The lowest BCUT2D eigenvalue weighted by molar-refractivity contribution is -0.138. The van der Waals surface area contributed by atoms with Crippen LogP contribution in [-0.2, 0) is 9.59 Å². The highest BCUT2D eigenvalue weighted by Gasteiger charge is 2.23. The molecule has 0 aliphatic carbocycles. The van der Waals surface area contributed by atoms with E-state index in [1.807, 2.05) is 16.7 Å². The Morgan fingerprint density at radius 2 is 1.94 bits per heavy atom. The van der Waals surface area contributed by atoms with Crippen molar-refractivity contribution in [3.05, 3.63) is 0 Å². The van der Waals surface area contributed by atoms with Gasteiger partial charge in [0.25, 0.3) is 0 Å². The van der Waals surface area contributed by atoms with Crippen molar-refractivity contribution in [3.8, 4) is 0 Å². The summed E-state index contributed by atoms with van der Waals surface area (Å²) in [6.07, 6.45) is 2.80. The third-order valence-electron chi connectivity index (χ3n) is 3.40. The molecule has 1 aliphatic rings. The number of carboxylic acids is 1. The van der Waals surface area contributed by atoms with Crippen molar-refractivity contribution in [1.82, 2.24) is 9.80 Å². The first kappa shape index (κ1) is 15.0. The van der Waals surface area contributed by atoms with Gasteiger partial charge in [0.05, 0.1) is 6.54 Å². The molecule has 1 saturated heterocycles. The summed E-state index contributed by atoms with van der Waals surface area (Å²) in [5, 5.41) is 8.77. The highest BCUT2D eigenvalue weighted by Crippen LogP contribution is 2.12. The van der Waals surface area contributed by atoms with Gasteiger partial charge in [-0.3, -0.25) is 14.5 Å². The minimum atomic E-state index is -0.797. The molecule has 1 unspecified atom stereocenters. The Labute approximate surface area is 109 Å². The average molecular weight is 256 g/mol. The second-order valence-corrected chi connectivity index (χ2v) is 5.04. The number of carbonyl (C=O) groups excluding carboxylic acids is 1. The van der Waals surface area contributed by atoms with Crippen LogP contribution in [0, 0.1) is 5.92 Å². The summed E-state index contributed by atoms with van der Waals surface area (Å²) in [5.41, 5.74) is 0. The molecule has 0 radical (unpaired) electrons. The topological polar surface area (TPSA) is 60.9 Å². The highest BCUT2D eigenvalue weighted by atomic mass is 16.4. The van der Waals surface area contributed by atoms with Gasteiger partial charge in [0, 0.05) is 32.1 Å². The second-order valence-electron chi connectivity index (χ2n) is 5.04. The van der Waals surface area contributed by atoms with Crippen LogP contribution in [0.3, 0.4) is 0 Å². The summed E-state index contributed by atoms with van der Waals surface area (Å²) in [5.74, 6) is -0.496. The van der Waals surface area contributed by atoms with E-state index in [1.165, 1.54) is 0 Å². The second kappa shape index (κ2) is 7.36. The molecule has 1 N–H and O–H groups in total. The number of aliphatic carboxylic acids is 1. The van der Waals surface area contributed by atoms with Crippen molar-refractivity contribution >= 4 is 11.9 Å². The molecule has 1 heterocycles. The summed E-state index contributed by atoms with van der Waals surface area (Å²) < 4.78 is 0. The predicted octanol–water partition coefficient (Wildman–Crippen LogP) is 1.04. The number of hydrogen-bond donors (Lipinski definition) is 1. The fourth-order valence-corrected chi connectivity index (χ4v) is 2.41. The zero-order valence-electron chi connectivity index (χ0n) is 11.4. The number of nitrogens with zero attached hydrogens (tertiary/aromatic N) is 2. The Balaban J connectivity index is 2.46. The molecule has 0 aromatic carbocycles. The van der Waals surface area contributed by atoms with Gasteiger partial charge in [-0.1, -0.05) is 20.3 Å². The van der Waals surface area contributed by atoms with Crippen LogP contribution in [0.4, 0.5) is 0 Å². The number of rotatable bonds is 5. The van der Waals surface area contributed by atoms with Gasteiger partial charge >= 0.3 is 5.97 Å². The number of carbonyl (C=O) groups is 2.